The molecule has 4 nitrogen and oxygen atoms in total. The van der Waals surface area contributed by atoms with Gasteiger partial charge in [0.05, 0.1) is 23.3 Å². The van der Waals surface area contributed by atoms with Crippen molar-refractivity contribution in [3.8, 4) is 0 Å². The quantitative estimate of drug-likeness (QED) is 0.616. The van der Waals surface area contributed by atoms with Crippen molar-refractivity contribution < 1.29 is 9.53 Å². The van der Waals surface area contributed by atoms with E-state index in [2.05, 4.69) is 10.2 Å². The van der Waals surface area contributed by atoms with Crippen molar-refractivity contribution in [2.24, 2.45) is 0 Å². The molecular weight excluding hydrogens is 415 g/mol. The van der Waals surface area contributed by atoms with E-state index in [9.17, 15) is 4.79 Å². The Morgan fingerprint density at radius 2 is 1.75 bits per heavy atom. The standard InChI is InChI=1S/C21H24Cl2N2O2S/c22-19-6-3-17(13-20(19)23)15-28-12-7-24-21(26)18-4-1-16(2-5-18)14-25-8-10-27-11-9-25/h1-6,13H,7-12,14-15H2,(H,24,26). The van der Waals surface area contributed by atoms with Gasteiger partial charge in [-0.15, -0.1) is 0 Å². The Labute approximate surface area is 180 Å². The molecule has 150 valence electrons. The predicted molar refractivity (Wildman–Crippen MR) is 117 cm³/mol. The first-order chi connectivity index (χ1) is 13.6. The van der Waals surface area contributed by atoms with Crippen LogP contribution in [0, 0.1) is 0 Å². The largest absolute Gasteiger partial charge is 0.379 e. The molecule has 0 aliphatic carbocycles. The Kier molecular flexibility index (Phi) is 8.49. The molecule has 1 N–H and O–H groups in total. The predicted octanol–water partition coefficient (Wildman–Crippen LogP) is 4.49. The van der Waals surface area contributed by atoms with Crippen LogP contribution in [0.1, 0.15) is 21.5 Å². The highest BCUT2D eigenvalue weighted by Crippen LogP contribution is 2.24. The third-order valence-corrected chi connectivity index (χ3v) is 6.28. The lowest BCUT2D eigenvalue weighted by molar-refractivity contribution is 0.0342. The number of carbonyl (C=O) groups excluding carboxylic acids is 1. The summed E-state index contributed by atoms with van der Waals surface area (Å²) >= 11 is 13.7. The van der Waals surface area contributed by atoms with Gasteiger partial charge in [0.2, 0.25) is 0 Å². The number of nitrogens with zero attached hydrogens (tertiary/aromatic N) is 1. The van der Waals surface area contributed by atoms with Crippen molar-refractivity contribution in [2.45, 2.75) is 12.3 Å². The van der Waals surface area contributed by atoms with Gasteiger partial charge in [-0.25, -0.2) is 0 Å². The summed E-state index contributed by atoms with van der Waals surface area (Å²) < 4.78 is 5.37. The second-order valence-electron chi connectivity index (χ2n) is 6.64. The Morgan fingerprint density at radius 1 is 1.04 bits per heavy atom. The van der Waals surface area contributed by atoms with E-state index < -0.39 is 0 Å². The summed E-state index contributed by atoms with van der Waals surface area (Å²) in [4.78, 5) is 14.6. The highest BCUT2D eigenvalue weighted by Gasteiger charge is 2.11. The van der Waals surface area contributed by atoms with E-state index in [0.717, 1.165) is 49.9 Å². The maximum absolute atomic E-state index is 12.3. The van der Waals surface area contributed by atoms with Crippen LogP contribution in [0.2, 0.25) is 10.0 Å². The molecule has 0 bridgehead atoms. The maximum Gasteiger partial charge on any atom is 0.251 e. The summed E-state index contributed by atoms with van der Waals surface area (Å²) in [7, 11) is 0. The van der Waals surface area contributed by atoms with Crippen molar-refractivity contribution >= 4 is 40.9 Å². The maximum atomic E-state index is 12.3. The van der Waals surface area contributed by atoms with E-state index in [4.69, 9.17) is 27.9 Å². The minimum Gasteiger partial charge on any atom is -0.379 e. The van der Waals surface area contributed by atoms with Crippen LogP contribution in [-0.2, 0) is 17.0 Å². The van der Waals surface area contributed by atoms with Gasteiger partial charge in [0.1, 0.15) is 0 Å². The Morgan fingerprint density at radius 3 is 2.46 bits per heavy atom. The number of thioether (sulfide) groups is 1. The molecule has 0 spiro atoms. The molecule has 28 heavy (non-hydrogen) atoms. The minimum absolute atomic E-state index is 0.0342. The molecule has 2 aromatic rings. The van der Waals surface area contributed by atoms with Gasteiger partial charge < -0.3 is 10.1 Å². The zero-order valence-corrected chi connectivity index (χ0v) is 18.0. The molecule has 3 rings (SSSR count). The fourth-order valence-electron chi connectivity index (χ4n) is 2.94. The molecular formula is C21H24Cl2N2O2S. The molecule has 1 aliphatic heterocycles. The molecule has 2 aromatic carbocycles. The Bertz CT molecular complexity index is 780. The zero-order chi connectivity index (χ0) is 19.8. The molecule has 7 heteroatoms. The number of ether oxygens (including phenoxy) is 1. The first-order valence-corrected chi connectivity index (χ1v) is 11.2. The van der Waals surface area contributed by atoms with Crippen LogP contribution in [0.3, 0.4) is 0 Å². The normalized spacial score (nSPS) is 14.8. The lowest BCUT2D eigenvalue weighted by atomic mass is 10.1. The Hall–Kier alpha value is -1.24. The van der Waals surface area contributed by atoms with Gasteiger partial charge in [-0.3, -0.25) is 9.69 Å². The first kappa shape index (κ1) is 21.5. The minimum atomic E-state index is -0.0342. The molecule has 0 saturated carbocycles. The van der Waals surface area contributed by atoms with Crippen molar-refractivity contribution in [3.63, 3.8) is 0 Å². The summed E-state index contributed by atoms with van der Waals surface area (Å²) in [6.07, 6.45) is 0. The summed E-state index contributed by atoms with van der Waals surface area (Å²) in [5.74, 6) is 1.64. The molecule has 1 saturated heterocycles. The van der Waals surface area contributed by atoms with E-state index in [-0.39, 0.29) is 5.91 Å². The lowest BCUT2D eigenvalue weighted by Crippen LogP contribution is -2.35. The summed E-state index contributed by atoms with van der Waals surface area (Å²) in [5.41, 5.74) is 3.04. The summed E-state index contributed by atoms with van der Waals surface area (Å²) in [6.45, 7) is 5.04. The highest BCUT2D eigenvalue weighted by molar-refractivity contribution is 7.98. The zero-order valence-electron chi connectivity index (χ0n) is 15.6. The van der Waals surface area contributed by atoms with Gasteiger partial charge in [-0.2, -0.15) is 11.8 Å². The van der Waals surface area contributed by atoms with Crippen LogP contribution in [0.15, 0.2) is 42.5 Å². The average molecular weight is 439 g/mol. The van der Waals surface area contributed by atoms with E-state index in [0.29, 0.717) is 22.2 Å². The Balaban J connectivity index is 1.36. The van der Waals surface area contributed by atoms with Crippen molar-refractivity contribution in [3.05, 3.63) is 69.2 Å². The number of hydrogen-bond donors (Lipinski definition) is 1. The monoisotopic (exact) mass is 438 g/mol. The third kappa shape index (κ3) is 6.68. The molecule has 1 amide bonds. The molecule has 1 heterocycles. The van der Waals surface area contributed by atoms with Crippen LogP contribution in [-0.4, -0.2) is 49.4 Å². The van der Waals surface area contributed by atoms with Crippen LogP contribution in [0.25, 0.3) is 0 Å². The molecule has 0 atom stereocenters. The number of halogens is 2. The van der Waals surface area contributed by atoms with Gasteiger partial charge in [-0.1, -0.05) is 41.4 Å². The second kappa shape index (κ2) is 11.1. The van der Waals surface area contributed by atoms with Crippen LogP contribution >= 0.6 is 35.0 Å². The van der Waals surface area contributed by atoms with Gasteiger partial charge in [-0.05, 0) is 35.4 Å². The number of rotatable bonds is 8. The lowest BCUT2D eigenvalue weighted by Gasteiger charge is -2.26. The van der Waals surface area contributed by atoms with Gasteiger partial charge in [0.25, 0.3) is 5.91 Å². The number of benzene rings is 2. The van der Waals surface area contributed by atoms with E-state index >= 15 is 0 Å². The van der Waals surface area contributed by atoms with Gasteiger partial charge >= 0.3 is 0 Å². The molecule has 0 radical (unpaired) electrons. The molecule has 1 fully saturated rings. The fourth-order valence-corrected chi connectivity index (χ4v) is 4.06. The topological polar surface area (TPSA) is 41.6 Å². The molecule has 0 aromatic heterocycles. The first-order valence-electron chi connectivity index (χ1n) is 9.31. The van der Waals surface area contributed by atoms with Crippen LogP contribution in [0.5, 0.6) is 0 Å². The van der Waals surface area contributed by atoms with E-state index in [1.807, 2.05) is 42.5 Å². The van der Waals surface area contributed by atoms with Gasteiger partial charge in [0.15, 0.2) is 0 Å². The van der Waals surface area contributed by atoms with Crippen LogP contribution in [0.4, 0.5) is 0 Å². The number of amides is 1. The summed E-state index contributed by atoms with van der Waals surface area (Å²) in [6, 6.07) is 13.5. The highest BCUT2D eigenvalue weighted by atomic mass is 35.5. The van der Waals surface area contributed by atoms with Crippen LogP contribution < -0.4 is 5.32 Å². The molecule has 1 aliphatic rings. The van der Waals surface area contributed by atoms with Crippen molar-refractivity contribution in [1.29, 1.82) is 0 Å². The smallest absolute Gasteiger partial charge is 0.251 e. The van der Waals surface area contributed by atoms with E-state index in [1.165, 1.54) is 5.56 Å². The third-order valence-electron chi connectivity index (χ3n) is 4.51. The number of hydrogen-bond acceptors (Lipinski definition) is 4. The van der Waals surface area contributed by atoms with Crippen molar-refractivity contribution in [2.75, 3.05) is 38.6 Å². The fraction of sp³-hybridized carbons (Fsp3) is 0.381. The average Bonchev–Trinajstić information content (AvgIpc) is 2.71. The number of nitrogens with one attached hydrogen (secondary N) is 1. The SMILES string of the molecule is O=C(NCCSCc1ccc(Cl)c(Cl)c1)c1ccc(CN2CCOCC2)cc1. The van der Waals surface area contributed by atoms with Crippen molar-refractivity contribution in [1.82, 2.24) is 10.2 Å². The number of morpholine rings is 1. The number of carbonyl (C=O) groups is 1. The van der Waals surface area contributed by atoms with E-state index in [1.54, 1.807) is 11.8 Å². The molecule has 0 unspecified atom stereocenters. The summed E-state index contributed by atoms with van der Waals surface area (Å²) in [5, 5.41) is 4.12. The van der Waals surface area contributed by atoms with Gasteiger partial charge in [0, 0.05) is 43.2 Å². The second-order valence-corrected chi connectivity index (χ2v) is 8.56.